The molecule has 0 amide bonds. The summed E-state index contributed by atoms with van der Waals surface area (Å²) in [5.41, 5.74) is 5.16. The van der Waals surface area contributed by atoms with Crippen molar-refractivity contribution in [1.82, 2.24) is 4.98 Å². The van der Waals surface area contributed by atoms with E-state index in [1.54, 1.807) is 0 Å². The summed E-state index contributed by atoms with van der Waals surface area (Å²) in [4.78, 5) is 4.50. The predicted octanol–water partition coefficient (Wildman–Crippen LogP) is 3.91. The van der Waals surface area contributed by atoms with Gasteiger partial charge in [-0.3, -0.25) is 0 Å². The van der Waals surface area contributed by atoms with Crippen LogP contribution in [0.4, 0.5) is 0 Å². The zero-order valence-corrected chi connectivity index (χ0v) is 9.82. The molecule has 0 atom stereocenters. The fourth-order valence-corrected chi connectivity index (χ4v) is 1.83. The van der Waals surface area contributed by atoms with E-state index in [2.05, 4.69) is 31.0 Å². The summed E-state index contributed by atoms with van der Waals surface area (Å²) in [6, 6.07) is 14.8. The van der Waals surface area contributed by atoms with Crippen LogP contribution in [0.3, 0.4) is 0 Å². The van der Waals surface area contributed by atoms with Gasteiger partial charge in [-0.2, -0.15) is 0 Å². The van der Waals surface area contributed by atoms with Crippen molar-refractivity contribution in [1.29, 1.82) is 0 Å². The number of hydrogen-bond acceptors (Lipinski definition) is 2. The molecule has 1 aromatic heterocycles. The first kappa shape index (κ1) is 10.1. The Morgan fingerprint density at radius 3 is 2.76 bits per heavy atom. The molecule has 17 heavy (non-hydrogen) atoms. The molecule has 1 heterocycles. The molecule has 3 aromatic rings. The second-order valence-electron chi connectivity index (χ2n) is 4.22. The third kappa shape index (κ3) is 1.72. The van der Waals surface area contributed by atoms with Gasteiger partial charge in [-0.05, 0) is 55.3 Å². The molecule has 2 nitrogen and oxygen atoms in total. The van der Waals surface area contributed by atoms with Crippen molar-refractivity contribution >= 4 is 11.1 Å². The van der Waals surface area contributed by atoms with Crippen LogP contribution in [-0.4, -0.2) is 4.98 Å². The molecule has 2 aromatic carbocycles. The van der Waals surface area contributed by atoms with Crippen molar-refractivity contribution in [3.05, 3.63) is 53.6 Å². The van der Waals surface area contributed by atoms with E-state index in [0.717, 1.165) is 16.7 Å². The summed E-state index contributed by atoms with van der Waals surface area (Å²) >= 11 is 0. The van der Waals surface area contributed by atoms with E-state index in [4.69, 9.17) is 4.42 Å². The van der Waals surface area contributed by atoms with Gasteiger partial charge in [0.15, 0.2) is 5.58 Å². The number of oxazole rings is 1. The summed E-state index contributed by atoms with van der Waals surface area (Å²) in [5.74, 6) is 0.654. The molecule has 2 heteroatoms. The number of rotatable bonds is 1. The number of benzene rings is 2. The van der Waals surface area contributed by atoms with Crippen molar-refractivity contribution in [3.8, 4) is 11.5 Å². The third-order valence-corrected chi connectivity index (χ3v) is 2.96. The predicted molar refractivity (Wildman–Crippen MR) is 67.8 cm³/mol. The van der Waals surface area contributed by atoms with Crippen LogP contribution in [0.25, 0.3) is 22.6 Å². The molecule has 0 fully saturated rings. The van der Waals surface area contributed by atoms with E-state index in [0.29, 0.717) is 5.89 Å². The SMILES string of the molecule is Cc1cc2nc(-c3c[c]ccc3)oc2cc1C. The second kappa shape index (κ2) is 3.74. The molecule has 0 N–H and O–H groups in total. The molecule has 3 rings (SSSR count). The van der Waals surface area contributed by atoms with Crippen LogP contribution in [0, 0.1) is 19.9 Å². The van der Waals surface area contributed by atoms with Gasteiger partial charge in [0.25, 0.3) is 0 Å². The van der Waals surface area contributed by atoms with Gasteiger partial charge in [-0.1, -0.05) is 12.1 Å². The van der Waals surface area contributed by atoms with Gasteiger partial charge in [0.1, 0.15) is 5.52 Å². The molecule has 0 unspecified atom stereocenters. The third-order valence-electron chi connectivity index (χ3n) is 2.96. The lowest BCUT2D eigenvalue weighted by atomic mass is 10.1. The Kier molecular flexibility index (Phi) is 2.22. The Labute approximate surface area is 99.9 Å². The maximum Gasteiger partial charge on any atom is 0.227 e. The molecule has 0 aliphatic rings. The average Bonchev–Trinajstić information content (AvgIpc) is 2.74. The molecule has 0 saturated heterocycles. The van der Waals surface area contributed by atoms with Crippen molar-refractivity contribution in [2.75, 3.05) is 0 Å². The van der Waals surface area contributed by atoms with Gasteiger partial charge in [-0.15, -0.1) is 0 Å². The first-order valence-corrected chi connectivity index (χ1v) is 5.58. The normalized spacial score (nSPS) is 10.9. The minimum atomic E-state index is 0.654. The minimum absolute atomic E-state index is 0.654. The minimum Gasteiger partial charge on any atom is -0.436 e. The Morgan fingerprint density at radius 1 is 1.18 bits per heavy atom. The van der Waals surface area contributed by atoms with E-state index < -0.39 is 0 Å². The van der Waals surface area contributed by atoms with Crippen LogP contribution in [0.1, 0.15) is 11.1 Å². The second-order valence-corrected chi connectivity index (χ2v) is 4.22. The van der Waals surface area contributed by atoms with Gasteiger partial charge in [-0.25, -0.2) is 4.98 Å². The van der Waals surface area contributed by atoms with Crippen molar-refractivity contribution in [2.24, 2.45) is 0 Å². The highest BCUT2D eigenvalue weighted by atomic mass is 16.3. The van der Waals surface area contributed by atoms with Crippen molar-refractivity contribution in [3.63, 3.8) is 0 Å². The Hall–Kier alpha value is -2.09. The maximum absolute atomic E-state index is 5.76. The Morgan fingerprint density at radius 2 is 2.00 bits per heavy atom. The Balaban J connectivity index is 2.21. The summed E-state index contributed by atoms with van der Waals surface area (Å²) in [5, 5.41) is 0. The number of aryl methyl sites for hydroxylation is 2. The van der Waals surface area contributed by atoms with Crippen LogP contribution in [0.15, 0.2) is 40.8 Å². The highest BCUT2D eigenvalue weighted by molar-refractivity contribution is 5.77. The van der Waals surface area contributed by atoms with Gasteiger partial charge >= 0.3 is 0 Å². The fourth-order valence-electron chi connectivity index (χ4n) is 1.83. The molecule has 0 saturated carbocycles. The lowest BCUT2D eigenvalue weighted by Gasteiger charge is -1.96. The number of hydrogen-bond donors (Lipinski definition) is 0. The average molecular weight is 222 g/mol. The largest absolute Gasteiger partial charge is 0.436 e. The Bertz CT molecular complexity index is 629. The molecule has 83 valence electrons. The molecule has 0 bridgehead atoms. The first-order valence-electron chi connectivity index (χ1n) is 5.58. The summed E-state index contributed by atoms with van der Waals surface area (Å²) in [6.07, 6.45) is 0. The van der Waals surface area contributed by atoms with Crippen LogP contribution in [-0.2, 0) is 0 Å². The van der Waals surface area contributed by atoms with Gasteiger partial charge in [0, 0.05) is 5.56 Å². The van der Waals surface area contributed by atoms with Crippen molar-refractivity contribution in [2.45, 2.75) is 13.8 Å². The molecular weight excluding hydrogens is 210 g/mol. The van der Waals surface area contributed by atoms with E-state index >= 15 is 0 Å². The van der Waals surface area contributed by atoms with E-state index in [-0.39, 0.29) is 0 Å². The van der Waals surface area contributed by atoms with Crippen molar-refractivity contribution < 1.29 is 4.42 Å². The maximum atomic E-state index is 5.76. The highest BCUT2D eigenvalue weighted by Gasteiger charge is 2.08. The van der Waals surface area contributed by atoms with E-state index in [1.807, 2.05) is 30.3 Å². The monoisotopic (exact) mass is 222 g/mol. The van der Waals surface area contributed by atoms with Crippen LogP contribution in [0.5, 0.6) is 0 Å². The van der Waals surface area contributed by atoms with Gasteiger partial charge < -0.3 is 4.42 Å². The van der Waals surface area contributed by atoms with Gasteiger partial charge in [0.2, 0.25) is 5.89 Å². The van der Waals surface area contributed by atoms with Crippen LogP contribution < -0.4 is 0 Å². The molecule has 0 aliphatic carbocycles. The van der Waals surface area contributed by atoms with Crippen LogP contribution in [0.2, 0.25) is 0 Å². The summed E-state index contributed by atoms with van der Waals surface area (Å²) in [7, 11) is 0. The zero-order valence-electron chi connectivity index (χ0n) is 9.82. The van der Waals surface area contributed by atoms with E-state index in [1.165, 1.54) is 11.1 Å². The molecule has 1 radical (unpaired) electrons. The standard InChI is InChI=1S/C15H12NO/c1-10-8-13-14(9-11(10)2)17-15(16-13)12-6-4-3-5-7-12/h3-4,6-9H,1-2H3. The quantitative estimate of drug-likeness (QED) is 0.623. The smallest absolute Gasteiger partial charge is 0.227 e. The van der Waals surface area contributed by atoms with Crippen LogP contribution >= 0.6 is 0 Å². The molecular formula is C15H12NO. The molecule has 0 aliphatic heterocycles. The lowest BCUT2D eigenvalue weighted by molar-refractivity contribution is 0.619. The zero-order chi connectivity index (χ0) is 11.8. The number of nitrogens with zero attached hydrogens (tertiary/aromatic N) is 1. The highest BCUT2D eigenvalue weighted by Crippen LogP contribution is 2.25. The number of aromatic nitrogens is 1. The van der Waals surface area contributed by atoms with E-state index in [9.17, 15) is 0 Å². The lowest BCUT2D eigenvalue weighted by Crippen LogP contribution is -1.79. The fraction of sp³-hybridized carbons (Fsp3) is 0.133. The molecule has 0 spiro atoms. The first-order chi connectivity index (χ1) is 8.24. The summed E-state index contributed by atoms with van der Waals surface area (Å²) in [6.45, 7) is 4.16. The van der Waals surface area contributed by atoms with Gasteiger partial charge in [0.05, 0.1) is 0 Å². The number of fused-ring (bicyclic) bond motifs is 1. The topological polar surface area (TPSA) is 26.0 Å². The summed E-state index contributed by atoms with van der Waals surface area (Å²) < 4.78 is 5.76.